The van der Waals surface area contributed by atoms with Crippen LogP contribution in [0, 0.1) is 13.8 Å². The van der Waals surface area contributed by atoms with Crippen molar-refractivity contribution in [1.82, 2.24) is 10.3 Å². The fraction of sp³-hybridized carbons (Fsp3) is 0.800. The smallest absolute Gasteiger partial charge is 0.113 e. The Morgan fingerprint density at radius 1 is 1.26 bits per heavy atom. The normalized spacial score (nSPS) is 15.8. The lowest BCUT2D eigenvalue weighted by molar-refractivity contribution is -0.00854. The van der Waals surface area contributed by atoms with Crippen LogP contribution in [0.1, 0.15) is 56.6 Å². The minimum atomic E-state index is -0.176. The Balaban J connectivity index is 3.12. The molecule has 3 nitrogen and oxygen atoms in total. The lowest BCUT2D eigenvalue weighted by Crippen LogP contribution is -2.48. The highest BCUT2D eigenvalue weighted by molar-refractivity contribution is 7.11. The highest BCUT2D eigenvalue weighted by atomic mass is 32.1. The van der Waals surface area contributed by atoms with Crippen LogP contribution in [0.5, 0.6) is 0 Å². The third-order valence-electron chi connectivity index (χ3n) is 3.44. The van der Waals surface area contributed by atoms with E-state index in [-0.39, 0.29) is 11.1 Å². The molecule has 110 valence electrons. The van der Waals surface area contributed by atoms with Crippen LogP contribution in [0.3, 0.4) is 0 Å². The van der Waals surface area contributed by atoms with Gasteiger partial charge in [-0.05, 0) is 48.5 Å². The number of methoxy groups -OCH3 is 1. The highest BCUT2D eigenvalue weighted by Gasteiger charge is 2.37. The monoisotopic (exact) mass is 284 g/mol. The Labute approximate surface area is 121 Å². The zero-order valence-electron chi connectivity index (χ0n) is 13.5. The van der Waals surface area contributed by atoms with Crippen LogP contribution >= 0.6 is 11.3 Å². The van der Waals surface area contributed by atoms with E-state index in [1.807, 2.05) is 0 Å². The number of nitrogens with zero attached hydrogens (tertiary/aromatic N) is 1. The Kier molecular flexibility index (Phi) is 5.15. The maximum Gasteiger partial charge on any atom is 0.113 e. The van der Waals surface area contributed by atoms with E-state index in [0.717, 1.165) is 17.1 Å². The van der Waals surface area contributed by atoms with E-state index < -0.39 is 0 Å². The van der Waals surface area contributed by atoms with Crippen molar-refractivity contribution < 1.29 is 4.74 Å². The van der Waals surface area contributed by atoms with Crippen LogP contribution in [0.4, 0.5) is 0 Å². The molecule has 0 radical (unpaired) electrons. The number of rotatable bonds is 6. The van der Waals surface area contributed by atoms with Crippen molar-refractivity contribution >= 4 is 11.3 Å². The molecule has 0 fully saturated rings. The van der Waals surface area contributed by atoms with Crippen LogP contribution in [-0.4, -0.2) is 23.7 Å². The topological polar surface area (TPSA) is 34.1 Å². The van der Waals surface area contributed by atoms with E-state index in [1.165, 1.54) is 4.88 Å². The molecule has 0 spiro atoms. The van der Waals surface area contributed by atoms with Crippen LogP contribution < -0.4 is 5.32 Å². The second-order valence-corrected chi connectivity index (χ2v) is 7.64. The molecule has 0 amide bonds. The van der Waals surface area contributed by atoms with Crippen molar-refractivity contribution in [2.24, 2.45) is 0 Å². The van der Waals surface area contributed by atoms with Gasteiger partial charge in [0.15, 0.2) is 0 Å². The van der Waals surface area contributed by atoms with Gasteiger partial charge in [-0.2, -0.15) is 0 Å². The first-order valence-electron chi connectivity index (χ1n) is 6.87. The van der Waals surface area contributed by atoms with Gasteiger partial charge in [-0.15, -0.1) is 11.3 Å². The summed E-state index contributed by atoms with van der Waals surface area (Å²) in [7, 11) is 1.77. The molecular weight excluding hydrogens is 256 g/mol. The van der Waals surface area contributed by atoms with Crippen LogP contribution in [0.15, 0.2) is 0 Å². The number of nitrogens with one attached hydrogen (secondary N) is 1. The van der Waals surface area contributed by atoms with Crippen LogP contribution in [0.25, 0.3) is 0 Å². The molecule has 0 aliphatic rings. The van der Waals surface area contributed by atoms with E-state index in [4.69, 9.17) is 9.72 Å². The number of thiazole rings is 1. The number of aryl methyl sites for hydroxylation is 2. The molecule has 0 bridgehead atoms. The van der Waals surface area contributed by atoms with Crippen molar-refractivity contribution in [1.29, 1.82) is 0 Å². The van der Waals surface area contributed by atoms with Crippen molar-refractivity contribution in [3.8, 4) is 0 Å². The Morgan fingerprint density at radius 3 is 2.21 bits per heavy atom. The summed E-state index contributed by atoms with van der Waals surface area (Å²) >= 11 is 1.79. The molecule has 1 N–H and O–H groups in total. The van der Waals surface area contributed by atoms with Gasteiger partial charge < -0.3 is 10.1 Å². The van der Waals surface area contributed by atoms with Gasteiger partial charge in [-0.1, -0.05) is 0 Å². The summed E-state index contributed by atoms with van der Waals surface area (Å²) in [5, 5.41) is 4.83. The fourth-order valence-electron chi connectivity index (χ4n) is 2.46. The van der Waals surface area contributed by atoms with E-state index in [2.05, 4.69) is 53.8 Å². The molecule has 0 aromatic carbocycles. The molecule has 1 heterocycles. The summed E-state index contributed by atoms with van der Waals surface area (Å²) in [6.07, 6.45) is 0.890. The molecule has 0 aliphatic heterocycles. The lowest BCUT2D eigenvalue weighted by Gasteiger charge is -2.37. The van der Waals surface area contributed by atoms with E-state index in [1.54, 1.807) is 18.4 Å². The maximum atomic E-state index is 5.61. The number of hydrogen-bond acceptors (Lipinski definition) is 4. The number of hydrogen-bond donors (Lipinski definition) is 1. The van der Waals surface area contributed by atoms with Gasteiger partial charge >= 0.3 is 0 Å². The molecule has 4 heteroatoms. The predicted octanol–water partition coefficient (Wildman–Crippen LogP) is 3.79. The average molecular weight is 284 g/mol. The molecule has 1 aromatic heterocycles. The van der Waals surface area contributed by atoms with Gasteiger partial charge in [-0.25, -0.2) is 4.98 Å². The molecule has 1 atom stereocenters. The van der Waals surface area contributed by atoms with Gasteiger partial charge in [0.25, 0.3) is 0 Å². The van der Waals surface area contributed by atoms with Gasteiger partial charge in [0, 0.05) is 24.4 Å². The predicted molar refractivity (Wildman–Crippen MR) is 82.9 cm³/mol. The average Bonchev–Trinajstić information content (AvgIpc) is 2.58. The van der Waals surface area contributed by atoms with Gasteiger partial charge in [0.05, 0.1) is 16.8 Å². The largest absolute Gasteiger partial charge is 0.379 e. The summed E-state index contributed by atoms with van der Waals surface area (Å²) in [5.41, 5.74) is 0.800. The zero-order valence-corrected chi connectivity index (χ0v) is 14.4. The molecular formula is C15H28N2OS. The summed E-state index contributed by atoms with van der Waals surface area (Å²) in [5.74, 6) is 0. The lowest BCUT2D eigenvalue weighted by atomic mass is 9.87. The van der Waals surface area contributed by atoms with Crippen molar-refractivity contribution in [2.75, 3.05) is 7.11 Å². The molecule has 1 rings (SSSR count). The molecule has 0 aliphatic carbocycles. The van der Waals surface area contributed by atoms with Crippen LogP contribution in [0.2, 0.25) is 0 Å². The summed E-state index contributed by atoms with van der Waals surface area (Å²) < 4.78 is 5.61. The minimum absolute atomic E-state index is 0.155. The van der Waals surface area contributed by atoms with Crippen molar-refractivity contribution in [3.63, 3.8) is 0 Å². The van der Waals surface area contributed by atoms with Crippen molar-refractivity contribution in [3.05, 3.63) is 15.6 Å². The summed E-state index contributed by atoms with van der Waals surface area (Å²) in [6, 6.07) is 0.405. The minimum Gasteiger partial charge on any atom is -0.379 e. The number of aromatic nitrogens is 1. The first-order chi connectivity index (χ1) is 8.59. The van der Waals surface area contributed by atoms with Gasteiger partial charge in [-0.3, -0.25) is 0 Å². The standard InChI is InChI=1S/C15H28N2OS/c1-10(2)17-15(7,9-14(5,6)18-8)13-16-11(3)12(4)19-13/h10,17H,9H2,1-8H3. The van der Waals surface area contributed by atoms with Crippen molar-refractivity contribution in [2.45, 2.75) is 72.1 Å². The maximum absolute atomic E-state index is 5.61. The third-order valence-corrected chi connectivity index (χ3v) is 4.78. The van der Waals surface area contributed by atoms with E-state index >= 15 is 0 Å². The molecule has 0 saturated carbocycles. The molecule has 0 saturated heterocycles. The fourth-order valence-corrected chi connectivity index (χ4v) is 3.48. The quantitative estimate of drug-likeness (QED) is 0.863. The summed E-state index contributed by atoms with van der Waals surface area (Å²) in [6.45, 7) is 15.0. The second-order valence-electron chi connectivity index (χ2n) is 6.43. The van der Waals surface area contributed by atoms with E-state index in [9.17, 15) is 0 Å². The Bertz CT molecular complexity index is 406. The highest BCUT2D eigenvalue weighted by Crippen LogP contribution is 2.35. The first kappa shape index (κ1) is 16.6. The molecule has 1 unspecified atom stereocenters. The SMILES string of the molecule is COC(C)(C)CC(C)(NC(C)C)c1nc(C)c(C)s1. The van der Waals surface area contributed by atoms with Gasteiger partial charge in [0.2, 0.25) is 0 Å². The van der Waals surface area contributed by atoms with Crippen LogP contribution in [-0.2, 0) is 10.3 Å². The summed E-state index contributed by atoms with van der Waals surface area (Å²) in [4.78, 5) is 6.05. The molecule has 19 heavy (non-hydrogen) atoms. The first-order valence-corrected chi connectivity index (χ1v) is 7.68. The number of ether oxygens (including phenoxy) is 1. The zero-order chi connectivity index (χ0) is 14.8. The Hall–Kier alpha value is -0.450. The second kappa shape index (κ2) is 5.90. The van der Waals surface area contributed by atoms with Gasteiger partial charge in [0.1, 0.15) is 5.01 Å². The van der Waals surface area contributed by atoms with E-state index in [0.29, 0.717) is 6.04 Å². The third kappa shape index (κ3) is 4.26. The Morgan fingerprint density at radius 2 is 1.84 bits per heavy atom. The molecule has 1 aromatic rings.